The molecule has 28 heavy (non-hydrogen) atoms. The van der Waals surface area contributed by atoms with Crippen LogP contribution in [0.4, 0.5) is 5.69 Å². The van der Waals surface area contributed by atoms with Crippen LogP contribution >= 0.6 is 0 Å². The molecule has 1 heterocycles. The molecule has 0 N–H and O–H groups in total. The third-order valence-electron chi connectivity index (χ3n) is 4.52. The van der Waals surface area contributed by atoms with Crippen LogP contribution in [0.25, 0.3) is 6.08 Å². The third-order valence-corrected chi connectivity index (χ3v) is 4.52. The maximum atomic E-state index is 13.1. The maximum Gasteiger partial charge on any atom is 0.340 e. The van der Waals surface area contributed by atoms with E-state index < -0.39 is 16.8 Å². The van der Waals surface area contributed by atoms with Crippen molar-refractivity contribution in [1.82, 2.24) is 4.90 Å². The van der Waals surface area contributed by atoms with Gasteiger partial charge in [0.15, 0.2) is 0 Å². The van der Waals surface area contributed by atoms with Gasteiger partial charge in [-0.15, -0.1) is 0 Å². The fourth-order valence-electron chi connectivity index (χ4n) is 3.12. The highest BCUT2D eigenvalue weighted by Gasteiger charge is 2.37. The fraction of sp³-hybridized carbons (Fsp3) is 0.143. The molecule has 0 aromatic heterocycles. The van der Waals surface area contributed by atoms with Gasteiger partial charge in [0.2, 0.25) is 0 Å². The van der Waals surface area contributed by atoms with Crippen LogP contribution in [0, 0.1) is 10.1 Å². The van der Waals surface area contributed by atoms with Crippen molar-refractivity contribution >= 4 is 23.6 Å². The van der Waals surface area contributed by atoms with E-state index in [0.29, 0.717) is 5.70 Å². The van der Waals surface area contributed by atoms with Crippen LogP contribution < -0.4 is 0 Å². The minimum Gasteiger partial charge on any atom is -0.465 e. The molecular weight excluding hydrogens is 360 g/mol. The fourth-order valence-corrected chi connectivity index (χ4v) is 3.12. The van der Waals surface area contributed by atoms with E-state index in [2.05, 4.69) is 0 Å². The molecule has 2 aromatic rings. The Morgan fingerprint density at radius 2 is 1.79 bits per heavy atom. The van der Waals surface area contributed by atoms with Gasteiger partial charge in [0.05, 0.1) is 35.3 Å². The number of hydrogen-bond acceptors (Lipinski definition) is 5. The average Bonchev–Trinajstić information content (AvgIpc) is 2.93. The van der Waals surface area contributed by atoms with Gasteiger partial charge in [-0.2, -0.15) is 0 Å². The van der Waals surface area contributed by atoms with Crippen LogP contribution in [0.1, 0.15) is 18.1 Å². The normalized spacial score (nSPS) is 15.3. The lowest BCUT2D eigenvalue weighted by molar-refractivity contribution is -0.385. The van der Waals surface area contributed by atoms with Crippen molar-refractivity contribution in [3.8, 4) is 0 Å². The van der Waals surface area contributed by atoms with Crippen molar-refractivity contribution in [1.29, 1.82) is 0 Å². The topological polar surface area (TPSA) is 89.8 Å². The maximum absolute atomic E-state index is 13.1. The second-order valence-corrected chi connectivity index (χ2v) is 6.20. The summed E-state index contributed by atoms with van der Waals surface area (Å²) < 4.78 is 4.85. The zero-order chi connectivity index (χ0) is 20.3. The number of esters is 1. The quantitative estimate of drug-likeness (QED) is 0.344. The number of allylic oxidation sites excluding steroid dienone is 1. The summed E-state index contributed by atoms with van der Waals surface area (Å²) >= 11 is 0. The Labute approximate surface area is 161 Å². The van der Waals surface area contributed by atoms with Crippen LogP contribution in [0.3, 0.4) is 0 Å². The number of methoxy groups -OCH3 is 1. The molecule has 1 amide bonds. The molecule has 2 aromatic carbocycles. The zero-order valence-corrected chi connectivity index (χ0v) is 15.4. The molecule has 1 aliphatic heterocycles. The molecule has 0 radical (unpaired) electrons. The Hall–Kier alpha value is -3.74. The average molecular weight is 378 g/mol. The number of benzene rings is 2. The van der Waals surface area contributed by atoms with Crippen molar-refractivity contribution in [3.63, 3.8) is 0 Å². The van der Waals surface area contributed by atoms with Crippen LogP contribution in [0.2, 0.25) is 0 Å². The molecular formula is C21H18N2O5. The largest absolute Gasteiger partial charge is 0.465 e. The number of amides is 1. The smallest absolute Gasteiger partial charge is 0.340 e. The number of hydrogen-bond donors (Lipinski definition) is 0. The van der Waals surface area contributed by atoms with Gasteiger partial charge in [-0.3, -0.25) is 14.9 Å². The summed E-state index contributed by atoms with van der Waals surface area (Å²) in [7, 11) is 1.23. The third kappa shape index (κ3) is 3.55. The number of ether oxygens (including phenoxy) is 1. The van der Waals surface area contributed by atoms with Gasteiger partial charge in [-0.1, -0.05) is 42.5 Å². The standard InChI is InChI=1S/C21H18N2O5/c1-14-19(21(25)28-2)17(12-16-10-6-7-11-18(16)23(26)27)20(24)22(14)13-15-8-4-3-5-9-15/h3-12H,13H2,1-2H3/b17-12+. The molecule has 0 saturated heterocycles. The van der Waals surface area contributed by atoms with Crippen molar-refractivity contribution in [2.75, 3.05) is 7.11 Å². The zero-order valence-electron chi connectivity index (χ0n) is 15.4. The lowest BCUT2D eigenvalue weighted by Gasteiger charge is -2.17. The Morgan fingerprint density at radius 3 is 2.43 bits per heavy atom. The number of carbonyl (C=O) groups excluding carboxylic acids is 2. The molecule has 7 nitrogen and oxygen atoms in total. The Morgan fingerprint density at radius 1 is 1.14 bits per heavy atom. The van der Waals surface area contributed by atoms with E-state index in [-0.39, 0.29) is 28.9 Å². The molecule has 0 saturated carbocycles. The van der Waals surface area contributed by atoms with Crippen LogP contribution in [-0.2, 0) is 20.9 Å². The highest BCUT2D eigenvalue weighted by molar-refractivity contribution is 6.16. The highest BCUT2D eigenvalue weighted by atomic mass is 16.6. The Kier molecular flexibility index (Phi) is 5.35. The number of carbonyl (C=O) groups is 2. The first kappa shape index (κ1) is 19.0. The van der Waals surface area contributed by atoms with E-state index in [1.807, 2.05) is 30.3 Å². The van der Waals surface area contributed by atoms with Crippen LogP contribution in [0.5, 0.6) is 0 Å². The second kappa shape index (κ2) is 7.87. The van der Waals surface area contributed by atoms with E-state index in [9.17, 15) is 19.7 Å². The van der Waals surface area contributed by atoms with Gasteiger partial charge in [0, 0.05) is 11.8 Å². The number of para-hydroxylation sites is 1. The first-order valence-electron chi connectivity index (χ1n) is 8.54. The van der Waals surface area contributed by atoms with E-state index in [1.54, 1.807) is 19.1 Å². The summed E-state index contributed by atoms with van der Waals surface area (Å²) in [5, 5.41) is 11.3. The van der Waals surface area contributed by atoms with E-state index in [4.69, 9.17) is 4.74 Å². The van der Waals surface area contributed by atoms with Crippen molar-refractivity contribution in [2.24, 2.45) is 0 Å². The minimum atomic E-state index is -0.661. The summed E-state index contributed by atoms with van der Waals surface area (Å²) in [6, 6.07) is 15.4. The second-order valence-electron chi connectivity index (χ2n) is 6.20. The molecule has 3 rings (SSSR count). The number of nitrogens with zero attached hydrogens (tertiary/aromatic N) is 2. The first-order valence-corrected chi connectivity index (χ1v) is 8.54. The van der Waals surface area contributed by atoms with Crippen LogP contribution in [-0.4, -0.2) is 28.8 Å². The van der Waals surface area contributed by atoms with Crippen molar-refractivity contribution in [2.45, 2.75) is 13.5 Å². The van der Waals surface area contributed by atoms with Gasteiger partial charge in [0.25, 0.3) is 11.6 Å². The molecule has 0 aliphatic carbocycles. The SMILES string of the molecule is COC(=O)C1=C(C)N(Cc2ccccc2)C(=O)/C1=C/c1ccccc1[N+](=O)[O-]. The van der Waals surface area contributed by atoms with E-state index in [1.165, 1.54) is 30.2 Å². The Balaban J connectivity index is 2.09. The Bertz CT molecular complexity index is 1010. The predicted molar refractivity (Wildman–Crippen MR) is 103 cm³/mol. The summed E-state index contributed by atoms with van der Waals surface area (Å²) in [5.41, 5.74) is 1.63. The van der Waals surface area contributed by atoms with E-state index in [0.717, 1.165) is 5.56 Å². The number of rotatable bonds is 5. The summed E-state index contributed by atoms with van der Waals surface area (Å²) in [5.74, 6) is -1.06. The van der Waals surface area contributed by atoms with Gasteiger partial charge in [-0.25, -0.2) is 4.79 Å². The summed E-state index contributed by atoms with van der Waals surface area (Å²) in [4.78, 5) is 37.7. The van der Waals surface area contributed by atoms with Crippen molar-refractivity contribution in [3.05, 3.63) is 92.7 Å². The van der Waals surface area contributed by atoms with Gasteiger partial charge < -0.3 is 9.64 Å². The predicted octanol–water partition coefficient (Wildman–Crippen LogP) is 3.47. The minimum absolute atomic E-state index is 0.0783. The van der Waals surface area contributed by atoms with Gasteiger partial charge in [0.1, 0.15) is 0 Å². The molecule has 0 fully saturated rings. The lowest BCUT2D eigenvalue weighted by atomic mass is 10.0. The van der Waals surface area contributed by atoms with Crippen molar-refractivity contribution < 1.29 is 19.2 Å². The number of nitro groups is 1. The molecule has 7 heteroatoms. The highest BCUT2D eigenvalue weighted by Crippen LogP contribution is 2.34. The molecule has 0 atom stereocenters. The molecule has 142 valence electrons. The van der Waals surface area contributed by atoms with Gasteiger partial charge >= 0.3 is 5.97 Å². The first-order chi connectivity index (χ1) is 13.4. The molecule has 0 bridgehead atoms. The molecule has 1 aliphatic rings. The molecule has 0 unspecified atom stereocenters. The lowest BCUT2D eigenvalue weighted by Crippen LogP contribution is -2.24. The summed E-state index contributed by atoms with van der Waals surface area (Å²) in [6.45, 7) is 1.94. The summed E-state index contributed by atoms with van der Waals surface area (Å²) in [6.07, 6.45) is 1.38. The monoisotopic (exact) mass is 378 g/mol. The number of nitro benzene ring substituents is 1. The molecule has 0 spiro atoms. The van der Waals surface area contributed by atoms with Crippen LogP contribution in [0.15, 0.2) is 71.4 Å². The van der Waals surface area contributed by atoms with Gasteiger partial charge in [-0.05, 0) is 24.6 Å². The van der Waals surface area contributed by atoms with E-state index >= 15 is 0 Å².